The fraction of sp³-hybridized carbons (Fsp3) is 0.250. The molecule has 98 valence electrons. The van der Waals surface area contributed by atoms with Crippen LogP contribution in [0.25, 0.3) is 0 Å². The van der Waals surface area contributed by atoms with Gasteiger partial charge in [0.05, 0.1) is 0 Å². The zero-order chi connectivity index (χ0) is 13.2. The van der Waals surface area contributed by atoms with E-state index in [1.807, 2.05) is 0 Å². The van der Waals surface area contributed by atoms with Crippen LogP contribution in [0.2, 0.25) is 0 Å². The van der Waals surface area contributed by atoms with Crippen molar-refractivity contribution in [1.82, 2.24) is 0 Å². The van der Waals surface area contributed by atoms with E-state index in [1.54, 1.807) is 0 Å². The van der Waals surface area contributed by atoms with E-state index in [2.05, 4.69) is 85.7 Å². The highest BCUT2D eigenvalue weighted by molar-refractivity contribution is 9.11. The minimum Gasteiger partial charge on any atom is -0.381 e. The molecular weight excluding hydrogens is 366 g/mol. The van der Waals surface area contributed by atoms with E-state index in [-0.39, 0.29) is 0 Å². The lowest BCUT2D eigenvalue weighted by Gasteiger charge is -2.37. The lowest BCUT2D eigenvalue weighted by molar-refractivity contribution is 0.374. The van der Waals surface area contributed by atoms with Crippen LogP contribution < -0.4 is 5.32 Å². The molecule has 0 atom stereocenters. The second-order valence-electron chi connectivity index (χ2n) is 5.04. The minimum absolute atomic E-state index is 0.586. The van der Waals surface area contributed by atoms with Crippen molar-refractivity contribution in [1.29, 1.82) is 0 Å². The maximum Gasteiger partial charge on any atom is 0.0487 e. The molecule has 1 aliphatic carbocycles. The van der Waals surface area contributed by atoms with Gasteiger partial charge in [-0.05, 0) is 58.5 Å². The normalized spacial score (nSPS) is 21.8. The number of rotatable bonds is 3. The second-order valence-corrected chi connectivity index (χ2v) is 6.81. The van der Waals surface area contributed by atoms with Crippen molar-refractivity contribution in [2.24, 2.45) is 0 Å². The Labute approximate surface area is 130 Å². The van der Waals surface area contributed by atoms with Gasteiger partial charge in [0.15, 0.2) is 0 Å². The smallest absolute Gasteiger partial charge is 0.0487 e. The first-order valence-corrected chi connectivity index (χ1v) is 8.07. The quantitative estimate of drug-likeness (QED) is 0.733. The number of anilines is 1. The van der Waals surface area contributed by atoms with Crippen molar-refractivity contribution in [3.8, 4) is 0 Å². The first-order valence-electron chi connectivity index (χ1n) is 6.49. The SMILES string of the molecule is Brc1ccc(NC2CC(c3ccccc3)C2)c(Br)c1. The molecule has 1 fully saturated rings. The van der Waals surface area contributed by atoms with Gasteiger partial charge in [0, 0.05) is 20.7 Å². The standard InChI is InChI=1S/C16H15Br2N/c17-13-6-7-16(15(18)10-13)19-14-8-12(9-14)11-4-2-1-3-5-11/h1-7,10,12,14,19H,8-9H2. The third-order valence-corrected chi connectivity index (χ3v) is 4.85. The summed E-state index contributed by atoms with van der Waals surface area (Å²) in [6.45, 7) is 0. The average molecular weight is 381 g/mol. The van der Waals surface area contributed by atoms with Crippen LogP contribution in [0, 0.1) is 0 Å². The molecule has 0 bridgehead atoms. The molecule has 1 N–H and O–H groups in total. The fourth-order valence-electron chi connectivity index (χ4n) is 2.56. The fourth-order valence-corrected chi connectivity index (χ4v) is 3.72. The van der Waals surface area contributed by atoms with E-state index >= 15 is 0 Å². The summed E-state index contributed by atoms with van der Waals surface area (Å²) < 4.78 is 2.21. The van der Waals surface area contributed by atoms with Gasteiger partial charge in [-0.25, -0.2) is 0 Å². The summed E-state index contributed by atoms with van der Waals surface area (Å²) >= 11 is 7.07. The molecule has 1 aliphatic rings. The summed E-state index contributed by atoms with van der Waals surface area (Å²) in [6, 6.07) is 17.6. The molecular formula is C16H15Br2N. The Hall–Kier alpha value is -0.800. The van der Waals surface area contributed by atoms with Gasteiger partial charge in [-0.2, -0.15) is 0 Å². The van der Waals surface area contributed by atoms with Crippen LogP contribution in [0.5, 0.6) is 0 Å². The van der Waals surface area contributed by atoms with Gasteiger partial charge in [-0.3, -0.25) is 0 Å². The van der Waals surface area contributed by atoms with Gasteiger partial charge in [-0.1, -0.05) is 46.3 Å². The summed E-state index contributed by atoms with van der Waals surface area (Å²) in [5, 5.41) is 3.61. The molecule has 3 heteroatoms. The van der Waals surface area contributed by atoms with Gasteiger partial charge < -0.3 is 5.32 Å². The Morgan fingerprint density at radius 3 is 2.37 bits per heavy atom. The van der Waals surface area contributed by atoms with Crippen molar-refractivity contribution in [3.63, 3.8) is 0 Å². The van der Waals surface area contributed by atoms with E-state index in [0.717, 1.165) is 8.95 Å². The topological polar surface area (TPSA) is 12.0 Å². The van der Waals surface area contributed by atoms with Gasteiger partial charge in [-0.15, -0.1) is 0 Å². The van der Waals surface area contributed by atoms with E-state index < -0.39 is 0 Å². The van der Waals surface area contributed by atoms with E-state index in [0.29, 0.717) is 12.0 Å². The van der Waals surface area contributed by atoms with Crippen LogP contribution in [0.3, 0.4) is 0 Å². The zero-order valence-electron chi connectivity index (χ0n) is 10.4. The van der Waals surface area contributed by atoms with Crippen LogP contribution in [-0.4, -0.2) is 6.04 Å². The Kier molecular flexibility index (Phi) is 3.94. The first-order chi connectivity index (χ1) is 9.22. The highest BCUT2D eigenvalue weighted by Crippen LogP contribution is 2.39. The van der Waals surface area contributed by atoms with Crippen LogP contribution in [0.15, 0.2) is 57.5 Å². The summed E-state index contributed by atoms with van der Waals surface area (Å²) in [4.78, 5) is 0. The van der Waals surface area contributed by atoms with E-state index in [4.69, 9.17) is 0 Å². The number of hydrogen-bond acceptors (Lipinski definition) is 1. The Morgan fingerprint density at radius 2 is 1.68 bits per heavy atom. The van der Waals surface area contributed by atoms with Gasteiger partial charge >= 0.3 is 0 Å². The summed E-state index contributed by atoms with van der Waals surface area (Å²) in [5.41, 5.74) is 2.65. The molecule has 0 spiro atoms. The highest BCUT2D eigenvalue weighted by atomic mass is 79.9. The molecule has 1 saturated carbocycles. The largest absolute Gasteiger partial charge is 0.381 e. The molecule has 0 amide bonds. The predicted molar refractivity (Wildman–Crippen MR) is 87.7 cm³/mol. The Balaban J connectivity index is 1.60. The third kappa shape index (κ3) is 3.03. The summed E-state index contributed by atoms with van der Waals surface area (Å²) in [7, 11) is 0. The first kappa shape index (κ1) is 13.2. The summed E-state index contributed by atoms with van der Waals surface area (Å²) in [5.74, 6) is 0.716. The van der Waals surface area contributed by atoms with Gasteiger partial charge in [0.2, 0.25) is 0 Å². The maximum absolute atomic E-state index is 3.61. The van der Waals surface area contributed by atoms with Gasteiger partial charge in [0.1, 0.15) is 0 Å². The Morgan fingerprint density at radius 1 is 0.947 bits per heavy atom. The highest BCUT2D eigenvalue weighted by Gasteiger charge is 2.30. The lowest BCUT2D eigenvalue weighted by Crippen LogP contribution is -2.34. The van der Waals surface area contributed by atoms with Crippen molar-refractivity contribution in [3.05, 3.63) is 63.0 Å². The van der Waals surface area contributed by atoms with Gasteiger partial charge in [0.25, 0.3) is 0 Å². The van der Waals surface area contributed by atoms with Crippen LogP contribution in [0.1, 0.15) is 24.3 Å². The monoisotopic (exact) mass is 379 g/mol. The molecule has 3 rings (SSSR count). The molecule has 0 unspecified atom stereocenters. The lowest BCUT2D eigenvalue weighted by atomic mass is 9.76. The zero-order valence-corrected chi connectivity index (χ0v) is 13.6. The second kappa shape index (κ2) is 5.68. The molecule has 1 nitrogen and oxygen atoms in total. The molecule has 0 aliphatic heterocycles. The summed E-state index contributed by atoms with van der Waals surface area (Å²) in [6.07, 6.45) is 2.43. The van der Waals surface area contributed by atoms with E-state index in [9.17, 15) is 0 Å². The van der Waals surface area contributed by atoms with Crippen molar-refractivity contribution in [2.45, 2.75) is 24.8 Å². The van der Waals surface area contributed by atoms with Crippen LogP contribution >= 0.6 is 31.9 Å². The number of hydrogen-bond donors (Lipinski definition) is 1. The minimum atomic E-state index is 0.586. The van der Waals surface area contributed by atoms with Crippen molar-refractivity contribution >= 4 is 37.5 Å². The molecule has 2 aromatic carbocycles. The predicted octanol–water partition coefficient (Wildman–Crippen LogP) is 5.57. The van der Waals surface area contributed by atoms with Crippen molar-refractivity contribution in [2.75, 3.05) is 5.32 Å². The maximum atomic E-state index is 3.61. The molecule has 0 radical (unpaired) electrons. The van der Waals surface area contributed by atoms with Crippen LogP contribution in [-0.2, 0) is 0 Å². The third-order valence-electron chi connectivity index (χ3n) is 3.70. The molecule has 19 heavy (non-hydrogen) atoms. The average Bonchev–Trinajstić information content (AvgIpc) is 2.36. The van der Waals surface area contributed by atoms with Crippen molar-refractivity contribution < 1.29 is 0 Å². The number of benzene rings is 2. The van der Waals surface area contributed by atoms with Crippen LogP contribution in [0.4, 0.5) is 5.69 Å². The number of nitrogens with one attached hydrogen (secondary N) is 1. The molecule has 2 aromatic rings. The molecule has 0 saturated heterocycles. The Bertz CT molecular complexity index is 562. The molecule has 0 heterocycles. The van der Waals surface area contributed by atoms with E-state index in [1.165, 1.54) is 24.1 Å². The molecule has 0 aromatic heterocycles. The number of halogens is 2.